The average molecular weight is 285 g/mol. The summed E-state index contributed by atoms with van der Waals surface area (Å²) in [7, 11) is 0.580. The Bertz CT molecular complexity index is 478. The van der Waals surface area contributed by atoms with Crippen molar-refractivity contribution in [3.05, 3.63) is 29.3 Å². The molecule has 1 aromatic rings. The zero-order valence-electron chi connectivity index (χ0n) is 11.4. The van der Waals surface area contributed by atoms with Gasteiger partial charge in [-0.25, -0.2) is 4.79 Å². The molecule has 1 amide bonds. The molecule has 0 saturated heterocycles. The number of ether oxygens (including phenoxy) is 1. The topological polar surface area (TPSA) is 38.3 Å². The van der Waals surface area contributed by atoms with Gasteiger partial charge in [0.25, 0.3) is 0 Å². The summed E-state index contributed by atoms with van der Waals surface area (Å²) in [6, 6.07) is 6.18. The minimum absolute atomic E-state index is 0.110. The third kappa shape index (κ3) is 3.78. The molecule has 100 valence electrons. The van der Waals surface area contributed by atoms with Gasteiger partial charge in [0, 0.05) is 14.5 Å². The van der Waals surface area contributed by atoms with Gasteiger partial charge in [-0.1, -0.05) is 32.9 Å². The summed E-state index contributed by atoms with van der Waals surface area (Å²) in [5, 5.41) is 0. The third-order valence-electron chi connectivity index (χ3n) is 2.60. The highest BCUT2D eigenvalue weighted by atomic mass is 32.8. The average Bonchev–Trinajstić information content (AvgIpc) is 2.27. The van der Waals surface area contributed by atoms with E-state index in [1.165, 1.54) is 12.7 Å². The minimum Gasteiger partial charge on any atom is -0.452 e. The quantitative estimate of drug-likeness (QED) is 0.908. The number of methoxy groups -OCH3 is 1. The molecular weight excluding hydrogens is 266 g/mol. The number of hydrogen-bond acceptors (Lipinski definition) is 3. The first-order valence-electron chi connectivity index (χ1n) is 5.63. The van der Waals surface area contributed by atoms with Crippen LogP contribution >= 0.6 is 0 Å². The minimum atomic E-state index is -0.751. The molecule has 0 fully saturated rings. The van der Waals surface area contributed by atoms with E-state index in [4.69, 9.17) is 11.2 Å². The van der Waals surface area contributed by atoms with Crippen LogP contribution in [0.15, 0.2) is 23.1 Å². The van der Waals surface area contributed by atoms with Crippen molar-refractivity contribution in [2.45, 2.75) is 38.0 Å². The first-order valence-corrected chi connectivity index (χ1v) is 7.78. The normalized spacial score (nSPS) is 12.9. The Morgan fingerprint density at radius 3 is 2.44 bits per heavy atom. The Kier molecular flexibility index (Phi) is 4.87. The Labute approximate surface area is 116 Å². The highest BCUT2D eigenvalue weighted by Gasteiger charge is 2.15. The molecule has 1 atom stereocenters. The molecule has 1 aromatic carbocycles. The standard InChI is InChI=1S/C13H19NO2S2/c1-9-8-10(13(2,3)4)6-7-11(9)18(17)14-12(15)16-5/h6-8H,1-5H3,(H,14,15). The van der Waals surface area contributed by atoms with Crippen LogP contribution in [-0.4, -0.2) is 13.2 Å². The third-order valence-corrected chi connectivity index (χ3v) is 4.60. The molecule has 0 radical (unpaired) electrons. The number of aryl methyl sites for hydroxylation is 1. The monoisotopic (exact) mass is 285 g/mol. The Morgan fingerprint density at radius 1 is 1.39 bits per heavy atom. The van der Waals surface area contributed by atoms with E-state index in [1.54, 1.807) is 0 Å². The molecule has 1 N–H and O–H groups in total. The van der Waals surface area contributed by atoms with Crippen molar-refractivity contribution in [2.75, 3.05) is 7.11 Å². The van der Waals surface area contributed by atoms with Crippen LogP contribution in [0.25, 0.3) is 0 Å². The van der Waals surface area contributed by atoms with Gasteiger partial charge in [-0.2, -0.15) is 0 Å². The molecule has 0 saturated carbocycles. The van der Waals surface area contributed by atoms with Crippen molar-refractivity contribution < 1.29 is 9.53 Å². The van der Waals surface area contributed by atoms with Gasteiger partial charge in [-0.3, -0.25) is 4.72 Å². The summed E-state index contributed by atoms with van der Waals surface area (Å²) >= 11 is 5.29. The van der Waals surface area contributed by atoms with Crippen LogP contribution in [0.2, 0.25) is 0 Å². The lowest BCUT2D eigenvalue weighted by Crippen LogP contribution is -2.25. The Morgan fingerprint density at radius 2 is 2.00 bits per heavy atom. The maximum Gasteiger partial charge on any atom is 0.417 e. The van der Waals surface area contributed by atoms with E-state index in [9.17, 15) is 4.79 Å². The van der Waals surface area contributed by atoms with Crippen molar-refractivity contribution in [1.29, 1.82) is 0 Å². The number of amides is 1. The largest absolute Gasteiger partial charge is 0.452 e. The summed E-state index contributed by atoms with van der Waals surface area (Å²) in [5.74, 6) is 0. The highest BCUT2D eigenvalue weighted by Crippen LogP contribution is 2.25. The van der Waals surface area contributed by atoms with Crippen LogP contribution < -0.4 is 4.72 Å². The number of nitrogens with one attached hydrogen (secondary N) is 1. The second-order valence-corrected chi connectivity index (χ2v) is 7.27. The van der Waals surface area contributed by atoms with Gasteiger partial charge < -0.3 is 4.74 Å². The summed E-state index contributed by atoms with van der Waals surface area (Å²) in [5.41, 5.74) is 2.46. The number of benzene rings is 1. The predicted molar refractivity (Wildman–Crippen MR) is 78.4 cm³/mol. The molecule has 3 nitrogen and oxygen atoms in total. The molecule has 0 aromatic heterocycles. The lowest BCUT2D eigenvalue weighted by molar-refractivity contribution is 0.178. The van der Waals surface area contributed by atoms with Crippen LogP contribution in [0.4, 0.5) is 4.79 Å². The van der Waals surface area contributed by atoms with Gasteiger partial charge in [0.1, 0.15) is 0 Å². The summed E-state index contributed by atoms with van der Waals surface area (Å²) in [6.07, 6.45) is -0.493. The predicted octanol–water partition coefficient (Wildman–Crippen LogP) is 3.00. The molecule has 0 bridgehead atoms. The zero-order chi connectivity index (χ0) is 13.9. The van der Waals surface area contributed by atoms with Crippen molar-refractivity contribution in [3.8, 4) is 0 Å². The van der Waals surface area contributed by atoms with Gasteiger partial charge in [0.15, 0.2) is 0 Å². The Balaban J connectivity index is 2.99. The van der Waals surface area contributed by atoms with Gasteiger partial charge in [-0.05, 0) is 40.7 Å². The first kappa shape index (κ1) is 15.1. The Hall–Kier alpha value is -0.940. The lowest BCUT2D eigenvalue weighted by Gasteiger charge is -2.20. The summed E-state index contributed by atoms with van der Waals surface area (Å²) < 4.78 is 7.18. The van der Waals surface area contributed by atoms with Crippen LogP contribution in [0.5, 0.6) is 0 Å². The van der Waals surface area contributed by atoms with Crippen LogP contribution in [0.1, 0.15) is 31.9 Å². The fourth-order valence-corrected chi connectivity index (χ4v) is 3.15. The van der Waals surface area contributed by atoms with Crippen LogP contribution in [0.3, 0.4) is 0 Å². The van der Waals surface area contributed by atoms with Gasteiger partial charge in [-0.15, -0.1) is 0 Å². The fourth-order valence-electron chi connectivity index (χ4n) is 1.50. The molecule has 0 heterocycles. The van der Waals surface area contributed by atoms with Crippen molar-refractivity contribution in [3.63, 3.8) is 0 Å². The van der Waals surface area contributed by atoms with E-state index >= 15 is 0 Å². The van der Waals surface area contributed by atoms with E-state index in [0.717, 1.165) is 10.5 Å². The van der Waals surface area contributed by atoms with E-state index < -0.39 is 15.7 Å². The second-order valence-electron chi connectivity index (χ2n) is 5.09. The summed E-state index contributed by atoms with van der Waals surface area (Å²) in [6.45, 7) is 8.51. The number of carbonyl (C=O) groups excluding carboxylic acids is 1. The maximum atomic E-state index is 11.1. The lowest BCUT2D eigenvalue weighted by atomic mass is 9.86. The zero-order valence-corrected chi connectivity index (χ0v) is 13.0. The molecule has 18 heavy (non-hydrogen) atoms. The van der Waals surface area contributed by atoms with Crippen LogP contribution in [0, 0.1) is 6.92 Å². The van der Waals surface area contributed by atoms with Crippen LogP contribution in [-0.2, 0) is 31.0 Å². The first-order chi connectivity index (χ1) is 8.25. The van der Waals surface area contributed by atoms with Gasteiger partial charge in [0.2, 0.25) is 0 Å². The SMILES string of the molecule is COC(=O)NS(=S)c1ccc(C(C)(C)C)cc1C. The molecule has 5 heteroatoms. The van der Waals surface area contributed by atoms with E-state index in [2.05, 4.69) is 42.4 Å². The number of hydrogen-bond donors (Lipinski definition) is 1. The van der Waals surface area contributed by atoms with E-state index in [0.29, 0.717) is 0 Å². The van der Waals surface area contributed by atoms with Crippen molar-refractivity contribution in [2.24, 2.45) is 0 Å². The molecule has 0 aliphatic carbocycles. The maximum absolute atomic E-state index is 11.1. The number of rotatable bonds is 2. The highest BCUT2D eigenvalue weighted by molar-refractivity contribution is 8.28. The molecule has 0 spiro atoms. The van der Waals surface area contributed by atoms with E-state index in [1.807, 2.05) is 13.0 Å². The van der Waals surface area contributed by atoms with Crippen molar-refractivity contribution >= 4 is 26.9 Å². The second kappa shape index (κ2) is 5.80. The van der Waals surface area contributed by atoms with Gasteiger partial charge >= 0.3 is 6.09 Å². The molecule has 1 rings (SSSR count). The molecule has 1 unspecified atom stereocenters. The van der Waals surface area contributed by atoms with E-state index in [-0.39, 0.29) is 5.41 Å². The molecule has 0 aliphatic heterocycles. The molecular formula is C13H19NO2S2. The number of carbonyl (C=O) groups is 1. The smallest absolute Gasteiger partial charge is 0.417 e. The van der Waals surface area contributed by atoms with Crippen molar-refractivity contribution in [1.82, 2.24) is 4.72 Å². The summed E-state index contributed by atoms with van der Waals surface area (Å²) in [4.78, 5) is 12.1. The van der Waals surface area contributed by atoms with Gasteiger partial charge in [0.05, 0.1) is 7.11 Å². The fraction of sp³-hybridized carbons (Fsp3) is 0.462. The molecule has 0 aliphatic rings.